The summed E-state index contributed by atoms with van der Waals surface area (Å²) in [5.74, 6) is 3.52. The quantitative estimate of drug-likeness (QED) is 0.173. The first-order valence-corrected chi connectivity index (χ1v) is 18.3. The van der Waals surface area contributed by atoms with Crippen LogP contribution in [0.4, 0.5) is 0 Å². The van der Waals surface area contributed by atoms with Crippen LogP contribution in [0, 0.1) is 0 Å². The Morgan fingerprint density at radius 3 is 1.30 bits per heavy atom. The molecule has 6 aromatic carbocycles. The first-order valence-electron chi connectivity index (χ1n) is 18.3. The summed E-state index contributed by atoms with van der Waals surface area (Å²) < 4.78 is 12.6. The summed E-state index contributed by atoms with van der Waals surface area (Å²) in [4.78, 5) is 37.7. The molecule has 0 spiro atoms. The van der Waals surface area contributed by atoms with Gasteiger partial charge in [-0.05, 0) is 47.5 Å². The molecule has 0 radical (unpaired) electrons. The molecule has 11 rings (SSSR count). The van der Waals surface area contributed by atoms with Gasteiger partial charge in [-0.2, -0.15) is 0 Å². The summed E-state index contributed by atoms with van der Waals surface area (Å²) in [5, 5.41) is 3.52. The molecule has 0 amide bonds. The Labute approximate surface area is 319 Å². The summed E-state index contributed by atoms with van der Waals surface area (Å²) in [6, 6.07) is 48.2. The van der Waals surface area contributed by atoms with Crippen molar-refractivity contribution in [3.05, 3.63) is 157 Å². The summed E-state index contributed by atoms with van der Waals surface area (Å²) in [7, 11) is 0. The maximum Gasteiger partial charge on any atom is 0.164 e. The molecule has 10 heteroatoms. The Morgan fingerprint density at radius 1 is 0.339 bits per heavy atom. The summed E-state index contributed by atoms with van der Waals surface area (Å²) in [5.41, 5.74) is 8.02. The predicted molar refractivity (Wildman–Crippen MR) is 218 cm³/mol. The van der Waals surface area contributed by atoms with E-state index in [4.69, 9.17) is 39.4 Å². The van der Waals surface area contributed by atoms with Crippen LogP contribution in [0.3, 0.4) is 0 Å². The predicted octanol–water partition coefficient (Wildman–Crippen LogP) is 10.0. The van der Waals surface area contributed by atoms with Crippen LogP contribution in [0.1, 0.15) is 11.1 Å². The van der Waals surface area contributed by atoms with E-state index in [1.807, 2.05) is 146 Å². The second kappa shape index (κ2) is 13.0. The molecule has 266 valence electrons. The summed E-state index contributed by atoms with van der Waals surface area (Å²) in [6.45, 7) is 0.859. The van der Waals surface area contributed by atoms with Gasteiger partial charge in [0.1, 0.15) is 47.3 Å². The average Bonchev–Trinajstić information content (AvgIpc) is 3.98. The zero-order valence-electron chi connectivity index (χ0n) is 29.8. The van der Waals surface area contributed by atoms with E-state index in [0.717, 1.165) is 54.9 Å². The van der Waals surface area contributed by atoms with Gasteiger partial charge in [-0.1, -0.05) is 109 Å². The van der Waals surface area contributed by atoms with Crippen LogP contribution in [0.15, 0.2) is 146 Å². The maximum atomic E-state index is 6.28. The number of hydrogen-bond acceptors (Lipinski definition) is 8. The van der Waals surface area contributed by atoms with Crippen molar-refractivity contribution in [2.75, 3.05) is 0 Å². The van der Waals surface area contributed by atoms with E-state index in [9.17, 15) is 0 Å². The molecule has 2 aliphatic heterocycles. The number of nitrogens with zero attached hydrogens (tertiary/aromatic N) is 6. The Bertz CT molecular complexity index is 3160. The Hall–Kier alpha value is -7.72. The molecule has 0 saturated heterocycles. The lowest BCUT2D eigenvalue weighted by molar-refractivity contribution is 0.306. The zero-order valence-corrected chi connectivity index (χ0v) is 29.8. The van der Waals surface area contributed by atoms with Crippen molar-refractivity contribution in [1.82, 2.24) is 39.9 Å². The minimum absolute atomic E-state index is 0.428. The van der Waals surface area contributed by atoms with Crippen molar-refractivity contribution in [3.63, 3.8) is 0 Å². The van der Waals surface area contributed by atoms with Crippen LogP contribution in [0.25, 0.3) is 89.7 Å². The smallest absolute Gasteiger partial charge is 0.164 e. The minimum Gasteiger partial charge on any atom is -0.489 e. The topological polar surface area (TPSA) is 127 Å². The monoisotopic (exact) mass is 726 g/mol. The standard InChI is InChI=1S/C46H30N8O2/c1-3-11-27(12-4-1)25-55-29-19-21-35-37(23-29)46-52-43(35)50-41-32-16-8-7-15-31(32)39(48-41)47-40-33-17-9-10-18-34(33)42(49-40)51-45-38-24-30(20-22-36(38)44(53-45)54-46)56-26-28-13-5-2-6-14-28/h1-24H,25-26H2,(H2,47,48,49,50,51,52,53,54). The number of nitrogens with one attached hydrogen (secondary N) is 2. The molecule has 5 heterocycles. The Balaban J connectivity index is 1.17. The number of aromatic nitrogens is 8. The first-order chi connectivity index (χ1) is 27.7. The van der Waals surface area contributed by atoms with Gasteiger partial charge in [0.15, 0.2) is 23.3 Å². The largest absolute Gasteiger partial charge is 0.489 e. The third-order valence-electron chi connectivity index (χ3n) is 10.1. The number of hydrogen-bond donors (Lipinski definition) is 2. The molecule has 0 atom stereocenters. The summed E-state index contributed by atoms with van der Waals surface area (Å²) in [6.07, 6.45) is 0. The summed E-state index contributed by atoms with van der Waals surface area (Å²) >= 11 is 0. The lowest BCUT2D eigenvalue weighted by Crippen LogP contribution is -1.95. The Kier molecular flexibility index (Phi) is 7.37. The lowest BCUT2D eigenvalue weighted by Gasteiger charge is -2.08. The van der Waals surface area contributed by atoms with Crippen molar-refractivity contribution in [2.24, 2.45) is 0 Å². The molecule has 3 aromatic heterocycles. The molecule has 0 aliphatic carbocycles. The molecule has 0 fully saturated rings. The number of fused-ring (bicyclic) bond motifs is 20. The van der Waals surface area contributed by atoms with Gasteiger partial charge in [0.25, 0.3) is 0 Å². The minimum atomic E-state index is 0.428. The van der Waals surface area contributed by atoms with Gasteiger partial charge < -0.3 is 19.4 Å². The molecular weight excluding hydrogens is 697 g/mol. The van der Waals surface area contributed by atoms with Crippen LogP contribution < -0.4 is 9.47 Å². The fourth-order valence-electron chi connectivity index (χ4n) is 7.31. The van der Waals surface area contributed by atoms with E-state index in [2.05, 4.69) is 9.97 Å². The van der Waals surface area contributed by atoms with Crippen LogP contribution in [0.5, 0.6) is 11.5 Å². The number of H-pyrrole nitrogens is 2. The van der Waals surface area contributed by atoms with Crippen LogP contribution in [-0.4, -0.2) is 39.9 Å². The highest BCUT2D eigenvalue weighted by Crippen LogP contribution is 2.39. The number of rotatable bonds is 6. The Morgan fingerprint density at radius 2 is 0.750 bits per heavy atom. The molecule has 2 N–H and O–H groups in total. The molecule has 8 bridgehead atoms. The van der Waals surface area contributed by atoms with Gasteiger partial charge in [-0.15, -0.1) is 0 Å². The van der Waals surface area contributed by atoms with Gasteiger partial charge >= 0.3 is 0 Å². The molecule has 10 nitrogen and oxygen atoms in total. The fraction of sp³-hybridized carbons (Fsp3) is 0.0435. The molecular formula is C46H30N8O2. The van der Waals surface area contributed by atoms with E-state index in [1.54, 1.807) is 0 Å². The highest BCUT2D eigenvalue weighted by molar-refractivity contribution is 6.06. The second-order valence-corrected chi connectivity index (χ2v) is 13.7. The second-order valence-electron chi connectivity index (χ2n) is 13.7. The van der Waals surface area contributed by atoms with Crippen molar-refractivity contribution in [2.45, 2.75) is 13.2 Å². The highest BCUT2D eigenvalue weighted by atomic mass is 16.5. The SMILES string of the molecule is c1ccc(COc2ccc3c(c2)-c2nc-3nc3[nH]c(nc4nc(nc5[nH]c(n2)c2ccccc52)-c2ccccc2-4)c2ccc(OCc4ccccc4)cc32)cc1. The van der Waals surface area contributed by atoms with Gasteiger partial charge in [-0.25, -0.2) is 29.9 Å². The fourth-order valence-corrected chi connectivity index (χ4v) is 7.31. The third kappa shape index (κ3) is 5.59. The molecule has 56 heavy (non-hydrogen) atoms. The van der Waals surface area contributed by atoms with Crippen molar-refractivity contribution in [3.8, 4) is 57.1 Å². The highest BCUT2D eigenvalue weighted by Gasteiger charge is 2.23. The average molecular weight is 727 g/mol. The number of benzene rings is 6. The molecule has 9 aromatic rings. The van der Waals surface area contributed by atoms with Crippen molar-refractivity contribution < 1.29 is 9.47 Å². The van der Waals surface area contributed by atoms with Gasteiger partial charge in [0, 0.05) is 43.8 Å². The van der Waals surface area contributed by atoms with Crippen LogP contribution in [-0.2, 0) is 13.2 Å². The molecule has 0 unspecified atom stereocenters. The van der Waals surface area contributed by atoms with E-state index in [-0.39, 0.29) is 0 Å². The van der Waals surface area contributed by atoms with E-state index < -0.39 is 0 Å². The maximum absolute atomic E-state index is 6.28. The molecule has 2 aliphatic rings. The van der Waals surface area contributed by atoms with Gasteiger partial charge in [0.05, 0.1) is 0 Å². The third-order valence-corrected chi connectivity index (χ3v) is 10.1. The van der Waals surface area contributed by atoms with Crippen molar-refractivity contribution in [1.29, 1.82) is 0 Å². The van der Waals surface area contributed by atoms with Gasteiger partial charge in [0.2, 0.25) is 0 Å². The number of ether oxygens (including phenoxy) is 2. The van der Waals surface area contributed by atoms with Crippen molar-refractivity contribution >= 4 is 44.1 Å². The first kappa shape index (κ1) is 31.8. The van der Waals surface area contributed by atoms with Gasteiger partial charge in [-0.3, -0.25) is 0 Å². The van der Waals surface area contributed by atoms with E-state index in [0.29, 0.717) is 70.6 Å². The van der Waals surface area contributed by atoms with Crippen LogP contribution >= 0.6 is 0 Å². The lowest BCUT2D eigenvalue weighted by atomic mass is 10.1. The zero-order chi connectivity index (χ0) is 37.0. The van der Waals surface area contributed by atoms with E-state index in [1.165, 1.54) is 0 Å². The van der Waals surface area contributed by atoms with Crippen LogP contribution in [0.2, 0.25) is 0 Å². The normalized spacial score (nSPS) is 11.7. The molecule has 0 saturated carbocycles. The van der Waals surface area contributed by atoms with E-state index >= 15 is 0 Å². The number of aromatic amines is 2.